The Morgan fingerprint density at radius 2 is 1.69 bits per heavy atom. The Hall–Kier alpha value is -2.62. The molecule has 2 aromatic rings. The Morgan fingerprint density at radius 1 is 1.00 bits per heavy atom. The third-order valence-electron chi connectivity index (χ3n) is 4.60. The summed E-state index contributed by atoms with van der Waals surface area (Å²) >= 11 is 0. The first-order chi connectivity index (χ1) is 12.4. The monoisotopic (exact) mass is 352 g/mol. The molecule has 1 N–H and O–H groups in total. The van der Waals surface area contributed by atoms with Crippen molar-refractivity contribution in [2.75, 3.05) is 7.05 Å². The summed E-state index contributed by atoms with van der Waals surface area (Å²) in [5.41, 5.74) is 4.51. The molecule has 0 spiro atoms. The van der Waals surface area contributed by atoms with Gasteiger partial charge in [0.15, 0.2) is 0 Å². The molecule has 0 aromatic heterocycles. The standard InChI is InChI=1S/C22H28N2O2/c1-16-8-10-19(11-9-16)12-13-21(25)24(18(3)22(26)23-4)15-20-7-5-6-17(2)14-20/h5-11,14,18H,12-13,15H2,1-4H3,(H,23,26)/t18-/m1/s1. The highest BCUT2D eigenvalue weighted by atomic mass is 16.2. The molecular weight excluding hydrogens is 324 g/mol. The van der Waals surface area contributed by atoms with Gasteiger partial charge in [-0.15, -0.1) is 0 Å². The smallest absolute Gasteiger partial charge is 0.242 e. The van der Waals surface area contributed by atoms with Crippen molar-refractivity contribution in [3.8, 4) is 0 Å². The summed E-state index contributed by atoms with van der Waals surface area (Å²) < 4.78 is 0. The molecule has 0 bridgehead atoms. The maximum Gasteiger partial charge on any atom is 0.242 e. The van der Waals surface area contributed by atoms with Gasteiger partial charge in [0.2, 0.25) is 11.8 Å². The van der Waals surface area contributed by atoms with E-state index in [4.69, 9.17) is 0 Å². The quantitative estimate of drug-likeness (QED) is 0.830. The predicted molar refractivity (Wildman–Crippen MR) is 105 cm³/mol. The average molecular weight is 352 g/mol. The summed E-state index contributed by atoms with van der Waals surface area (Å²) in [6, 6.07) is 15.7. The third-order valence-corrected chi connectivity index (χ3v) is 4.60. The summed E-state index contributed by atoms with van der Waals surface area (Å²) in [5.74, 6) is -0.162. The number of carbonyl (C=O) groups is 2. The van der Waals surface area contributed by atoms with E-state index < -0.39 is 6.04 Å². The van der Waals surface area contributed by atoms with Crippen LogP contribution in [0.4, 0.5) is 0 Å². The number of aryl methyl sites for hydroxylation is 3. The van der Waals surface area contributed by atoms with Gasteiger partial charge < -0.3 is 10.2 Å². The van der Waals surface area contributed by atoms with Gasteiger partial charge in [-0.3, -0.25) is 9.59 Å². The minimum atomic E-state index is -0.508. The first-order valence-electron chi connectivity index (χ1n) is 9.03. The van der Waals surface area contributed by atoms with Crippen molar-refractivity contribution in [3.63, 3.8) is 0 Å². The molecule has 0 aliphatic heterocycles. The molecule has 0 saturated heterocycles. The molecule has 138 valence electrons. The molecule has 26 heavy (non-hydrogen) atoms. The summed E-state index contributed by atoms with van der Waals surface area (Å²) in [4.78, 5) is 26.7. The number of amides is 2. The highest BCUT2D eigenvalue weighted by molar-refractivity contribution is 5.87. The van der Waals surface area contributed by atoms with Crippen molar-refractivity contribution >= 4 is 11.8 Å². The van der Waals surface area contributed by atoms with Gasteiger partial charge in [-0.05, 0) is 38.3 Å². The number of rotatable bonds is 7. The van der Waals surface area contributed by atoms with E-state index in [1.54, 1.807) is 18.9 Å². The van der Waals surface area contributed by atoms with Gasteiger partial charge in [0.1, 0.15) is 6.04 Å². The zero-order chi connectivity index (χ0) is 19.1. The van der Waals surface area contributed by atoms with E-state index >= 15 is 0 Å². The highest BCUT2D eigenvalue weighted by Crippen LogP contribution is 2.14. The van der Waals surface area contributed by atoms with Crippen molar-refractivity contribution in [1.82, 2.24) is 10.2 Å². The van der Waals surface area contributed by atoms with Gasteiger partial charge in [-0.25, -0.2) is 0 Å². The zero-order valence-corrected chi connectivity index (χ0v) is 16.1. The van der Waals surface area contributed by atoms with Crippen LogP contribution >= 0.6 is 0 Å². The van der Waals surface area contributed by atoms with Crippen molar-refractivity contribution in [2.24, 2.45) is 0 Å². The van der Waals surface area contributed by atoms with E-state index in [1.165, 1.54) is 5.56 Å². The van der Waals surface area contributed by atoms with Gasteiger partial charge in [-0.2, -0.15) is 0 Å². The fraction of sp³-hybridized carbons (Fsp3) is 0.364. The molecule has 2 amide bonds. The van der Waals surface area contributed by atoms with Crippen molar-refractivity contribution < 1.29 is 9.59 Å². The van der Waals surface area contributed by atoms with Crippen LogP contribution in [0, 0.1) is 13.8 Å². The van der Waals surface area contributed by atoms with Crippen LogP contribution < -0.4 is 5.32 Å². The van der Waals surface area contributed by atoms with E-state index in [0.29, 0.717) is 19.4 Å². The van der Waals surface area contributed by atoms with Gasteiger partial charge in [0, 0.05) is 20.0 Å². The number of carbonyl (C=O) groups excluding carboxylic acids is 2. The van der Waals surface area contributed by atoms with E-state index in [-0.39, 0.29) is 11.8 Å². The van der Waals surface area contributed by atoms with Crippen molar-refractivity contribution in [1.29, 1.82) is 0 Å². The minimum absolute atomic E-state index is 0.0109. The average Bonchev–Trinajstić information content (AvgIpc) is 2.64. The first-order valence-corrected chi connectivity index (χ1v) is 9.03. The molecule has 0 aliphatic rings. The Labute approximate surface area is 156 Å². The van der Waals surface area contributed by atoms with E-state index in [2.05, 4.69) is 35.6 Å². The van der Waals surface area contributed by atoms with E-state index in [1.807, 2.05) is 32.0 Å². The van der Waals surface area contributed by atoms with E-state index in [9.17, 15) is 9.59 Å². The second kappa shape index (κ2) is 9.18. The number of hydrogen-bond acceptors (Lipinski definition) is 2. The molecule has 0 radical (unpaired) electrons. The Bertz CT molecular complexity index is 753. The minimum Gasteiger partial charge on any atom is -0.357 e. The van der Waals surface area contributed by atoms with Crippen LogP contribution in [-0.2, 0) is 22.6 Å². The van der Waals surface area contributed by atoms with Crippen LogP contribution in [0.2, 0.25) is 0 Å². The number of hydrogen-bond donors (Lipinski definition) is 1. The molecule has 2 aromatic carbocycles. The van der Waals surface area contributed by atoms with Gasteiger partial charge in [-0.1, -0.05) is 59.7 Å². The topological polar surface area (TPSA) is 49.4 Å². The number of nitrogens with zero attached hydrogens (tertiary/aromatic N) is 1. The lowest BCUT2D eigenvalue weighted by Crippen LogP contribution is -2.46. The maximum atomic E-state index is 12.9. The molecule has 0 fully saturated rings. The fourth-order valence-electron chi connectivity index (χ4n) is 2.95. The number of nitrogens with one attached hydrogen (secondary N) is 1. The molecule has 0 unspecified atom stereocenters. The SMILES string of the molecule is CNC(=O)[C@@H](C)N(Cc1cccc(C)c1)C(=O)CCc1ccc(C)cc1. The van der Waals surface area contributed by atoms with Crippen LogP contribution in [0.1, 0.15) is 35.6 Å². The van der Waals surface area contributed by atoms with Crippen LogP contribution in [0.25, 0.3) is 0 Å². The van der Waals surface area contributed by atoms with Crippen LogP contribution in [-0.4, -0.2) is 29.8 Å². The second-order valence-corrected chi connectivity index (χ2v) is 6.79. The second-order valence-electron chi connectivity index (χ2n) is 6.79. The lowest BCUT2D eigenvalue weighted by molar-refractivity contribution is -0.140. The molecule has 0 saturated carbocycles. The predicted octanol–water partition coefficient (Wildman–Crippen LogP) is 3.40. The molecule has 4 heteroatoms. The Balaban J connectivity index is 2.12. The largest absolute Gasteiger partial charge is 0.357 e. The van der Waals surface area contributed by atoms with Crippen LogP contribution in [0.15, 0.2) is 48.5 Å². The lowest BCUT2D eigenvalue weighted by Gasteiger charge is -2.28. The Kier molecular flexibility index (Phi) is 6.96. The molecular formula is C22H28N2O2. The third kappa shape index (κ3) is 5.45. The molecule has 1 atom stereocenters. The summed E-state index contributed by atoms with van der Waals surface area (Å²) in [5, 5.41) is 2.64. The Morgan fingerprint density at radius 3 is 2.31 bits per heavy atom. The highest BCUT2D eigenvalue weighted by Gasteiger charge is 2.25. The summed E-state index contributed by atoms with van der Waals surface area (Å²) in [6.07, 6.45) is 1.06. The molecule has 4 nitrogen and oxygen atoms in total. The summed E-state index contributed by atoms with van der Waals surface area (Å²) in [7, 11) is 1.60. The van der Waals surface area contributed by atoms with E-state index in [0.717, 1.165) is 16.7 Å². The first kappa shape index (κ1) is 19.7. The molecule has 0 aliphatic carbocycles. The summed E-state index contributed by atoms with van der Waals surface area (Å²) in [6.45, 7) is 6.28. The molecule has 2 rings (SSSR count). The number of likely N-dealkylation sites (N-methyl/N-ethyl adjacent to an activating group) is 1. The van der Waals surface area contributed by atoms with Crippen LogP contribution in [0.5, 0.6) is 0 Å². The number of benzene rings is 2. The van der Waals surface area contributed by atoms with Crippen molar-refractivity contribution in [2.45, 2.75) is 46.2 Å². The lowest BCUT2D eigenvalue weighted by atomic mass is 10.1. The van der Waals surface area contributed by atoms with Gasteiger partial charge >= 0.3 is 0 Å². The maximum absolute atomic E-state index is 12.9. The van der Waals surface area contributed by atoms with Crippen molar-refractivity contribution in [3.05, 3.63) is 70.8 Å². The van der Waals surface area contributed by atoms with Crippen LogP contribution in [0.3, 0.4) is 0 Å². The van der Waals surface area contributed by atoms with Gasteiger partial charge in [0.05, 0.1) is 0 Å². The van der Waals surface area contributed by atoms with Gasteiger partial charge in [0.25, 0.3) is 0 Å². The zero-order valence-electron chi connectivity index (χ0n) is 16.1. The fourth-order valence-corrected chi connectivity index (χ4v) is 2.95. The normalized spacial score (nSPS) is 11.7. The molecule has 0 heterocycles.